The molecule has 1 aromatic heterocycles. The van der Waals surface area contributed by atoms with Gasteiger partial charge in [0.1, 0.15) is 11.6 Å². The molecule has 1 atom stereocenters. The van der Waals surface area contributed by atoms with Crippen molar-refractivity contribution in [1.82, 2.24) is 14.5 Å². The van der Waals surface area contributed by atoms with Crippen molar-refractivity contribution in [3.05, 3.63) is 50.7 Å². The van der Waals surface area contributed by atoms with Crippen molar-refractivity contribution in [2.75, 3.05) is 19.1 Å². The van der Waals surface area contributed by atoms with Crippen molar-refractivity contribution >= 4 is 5.82 Å². The van der Waals surface area contributed by atoms with E-state index >= 15 is 0 Å². The summed E-state index contributed by atoms with van der Waals surface area (Å²) in [6.45, 7) is 5.35. The molecule has 0 saturated heterocycles. The molecular formula is C17H22N4O3. The van der Waals surface area contributed by atoms with Gasteiger partial charge in [-0.1, -0.05) is 6.92 Å². The van der Waals surface area contributed by atoms with E-state index in [9.17, 15) is 9.59 Å². The number of anilines is 1. The molecule has 128 valence electrons. The first-order chi connectivity index (χ1) is 11.5. The van der Waals surface area contributed by atoms with Gasteiger partial charge >= 0.3 is 5.69 Å². The summed E-state index contributed by atoms with van der Waals surface area (Å²) < 4.78 is 6.66. The summed E-state index contributed by atoms with van der Waals surface area (Å²) in [6, 6.07) is 7.51. The van der Waals surface area contributed by atoms with Crippen molar-refractivity contribution in [1.29, 1.82) is 0 Å². The summed E-state index contributed by atoms with van der Waals surface area (Å²) in [5.41, 5.74) is 0.475. The fourth-order valence-corrected chi connectivity index (χ4v) is 2.89. The minimum Gasteiger partial charge on any atom is -0.497 e. The van der Waals surface area contributed by atoms with Gasteiger partial charge in [-0.15, -0.1) is 0 Å². The predicted octanol–water partition coefficient (Wildman–Crippen LogP) is 1.52. The van der Waals surface area contributed by atoms with Crippen LogP contribution in [0.5, 0.6) is 5.75 Å². The Labute approximate surface area is 139 Å². The van der Waals surface area contributed by atoms with Gasteiger partial charge in [-0.05, 0) is 37.6 Å². The molecule has 2 heterocycles. The first kappa shape index (κ1) is 16.3. The smallest absolute Gasteiger partial charge is 0.334 e. The summed E-state index contributed by atoms with van der Waals surface area (Å²) in [5.74, 6) is 1.27. The van der Waals surface area contributed by atoms with Crippen LogP contribution in [0.3, 0.4) is 0 Å². The number of hydrogen-bond acceptors (Lipinski definition) is 5. The van der Waals surface area contributed by atoms with Crippen LogP contribution in [0.15, 0.2) is 33.9 Å². The molecule has 7 heteroatoms. The van der Waals surface area contributed by atoms with Crippen molar-refractivity contribution < 1.29 is 4.74 Å². The maximum atomic E-state index is 12.4. The number of fused-ring (bicyclic) bond motifs is 1. The van der Waals surface area contributed by atoms with Gasteiger partial charge in [-0.2, -0.15) is 0 Å². The Morgan fingerprint density at radius 1 is 1.25 bits per heavy atom. The summed E-state index contributed by atoms with van der Waals surface area (Å²) in [4.78, 5) is 29.2. The Hall–Kier alpha value is -2.54. The van der Waals surface area contributed by atoms with E-state index in [1.165, 1.54) is 4.57 Å². The Morgan fingerprint density at radius 3 is 2.58 bits per heavy atom. The van der Waals surface area contributed by atoms with Crippen molar-refractivity contribution in [2.45, 2.75) is 32.9 Å². The van der Waals surface area contributed by atoms with E-state index in [2.05, 4.69) is 29.0 Å². The van der Waals surface area contributed by atoms with Gasteiger partial charge in [0.05, 0.1) is 25.0 Å². The molecule has 24 heavy (non-hydrogen) atoms. The molecule has 0 aliphatic carbocycles. The first-order valence-corrected chi connectivity index (χ1v) is 8.05. The number of ether oxygens (including phenoxy) is 1. The maximum absolute atomic E-state index is 12.4. The number of nitrogens with zero attached hydrogens (tertiary/aromatic N) is 2. The molecule has 2 N–H and O–H groups in total. The minimum atomic E-state index is -0.451. The molecule has 0 unspecified atom stereocenters. The quantitative estimate of drug-likeness (QED) is 0.888. The molecule has 0 fully saturated rings. The van der Waals surface area contributed by atoms with E-state index in [4.69, 9.17) is 4.74 Å². The molecule has 1 aromatic carbocycles. The van der Waals surface area contributed by atoms with Crippen LogP contribution < -0.4 is 21.3 Å². The zero-order valence-corrected chi connectivity index (χ0v) is 14.1. The van der Waals surface area contributed by atoms with Gasteiger partial charge in [-0.3, -0.25) is 14.7 Å². The molecule has 7 nitrogen and oxygen atoms in total. The lowest BCUT2D eigenvalue weighted by molar-refractivity contribution is 0.200. The highest BCUT2D eigenvalue weighted by molar-refractivity contribution is 5.52. The number of rotatable bonds is 4. The zero-order valence-electron chi connectivity index (χ0n) is 14.1. The number of hydrogen-bond donors (Lipinski definition) is 2. The molecule has 1 aliphatic rings. The number of methoxy groups -OCH3 is 1. The number of nitrogens with one attached hydrogen (secondary N) is 2. The fraction of sp³-hybridized carbons (Fsp3) is 0.412. The third-order valence-corrected chi connectivity index (χ3v) is 4.56. The predicted molar refractivity (Wildman–Crippen MR) is 93.0 cm³/mol. The van der Waals surface area contributed by atoms with Gasteiger partial charge in [0.2, 0.25) is 0 Å². The average molecular weight is 330 g/mol. The van der Waals surface area contributed by atoms with E-state index in [0.29, 0.717) is 42.1 Å². The van der Waals surface area contributed by atoms with Crippen LogP contribution in [0.25, 0.3) is 5.69 Å². The number of H-pyrrole nitrogens is 1. The molecule has 0 saturated carbocycles. The maximum Gasteiger partial charge on any atom is 0.334 e. The molecule has 0 radical (unpaired) electrons. The monoisotopic (exact) mass is 330 g/mol. The molecular weight excluding hydrogens is 308 g/mol. The standard InChI is InChI=1S/C17H22N4O3/c1-4-11(2)20-9-14-15(18-10-20)21(17(23)19-16(14)22)12-5-7-13(24-3)8-6-12/h5-8,11,18H,4,9-10H2,1-3H3,(H,19,22,23)/t11-/m1/s1. The van der Waals surface area contributed by atoms with Crippen LogP contribution in [-0.4, -0.2) is 34.3 Å². The van der Waals surface area contributed by atoms with Crippen molar-refractivity contribution in [2.24, 2.45) is 0 Å². The number of aromatic amines is 1. The van der Waals surface area contributed by atoms with Crippen molar-refractivity contribution in [3.63, 3.8) is 0 Å². The van der Waals surface area contributed by atoms with E-state index in [0.717, 1.165) is 6.42 Å². The zero-order chi connectivity index (χ0) is 17.3. The second-order valence-corrected chi connectivity index (χ2v) is 5.96. The van der Waals surface area contributed by atoms with Crippen LogP contribution in [0, 0.1) is 0 Å². The second-order valence-electron chi connectivity index (χ2n) is 5.96. The van der Waals surface area contributed by atoms with E-state index in [1.54, 1.807) is 31.4 Å². The number of aromatic nitrogens is 2. The van der Waals surface area contributed by atoms with Crippen LogP contribution in [0.1, 0.15) is 25.8 Å². The molecule has 0 amide bonds. The molecule has 2 aromatic rings. The summed E-state index contributed by atoms with van der Waals surface area (Å²) >= 11 is 0. The normalized spacial score (nSPS) is 15.5. The number of benzene rings is 1. The first-order valence-electron chi connectivity index (χ1n) is 8.05. The highest BCUT2D eigenvalue weighted by Crippen LogP contribution is 2.23. The molecule has 0 bridgehead atoms. The van der Waals surface area contributed by atoms with Gasteiger partial charge in [0.15, 0.2) is 0 Å². The lowest BCUT2D eigenvalue weighted by Crippen LogP contribution is -2.45. The molecule has 1 aliphatic heterocycles. The third kappa shape index (κ3) is 2.82. The van der Waals surface area contributed by atoms with Crippen LogP contribution >= 0.6 is 0 Å². The largest absolute Gasteiger partial charge is 0.497 e. The Morgan fingerprint density at radius 2 is 1.96 bits per heavy atom. The average Bonchev–Trinajstić information content (AvgIpc) is 2.61. The van der Waals surface area contributed by atoms with Gasteiger partial charge in [0.25, 0.3) is 5.56 Å². The fourth-order valence-electron chi connectivity index (χ4n) is 2.89. The highest BCUT2D eigenvalue weighted by atomic mass is 16.5. The van der Waals surface area contributed by atoms with E-state index in [1.807, 2.05) is 0 Å². The van der Waals surface area contributed by atoms with Crippen molar-refractivity contribution in [3.8, 4) is 11.4 Å². The van der Waals surface area contributed by atoms with Gasteiger partial charge in [0, 0.05) is 12.6 Å². The third-order valence-electron chi connectivity index (χ3n) is 4.56. The minimum absolute atomic E-state index is 0.333. The molecule has 3 rings (SSSR count). The summed E-state index contributed by atoms with van der Waals surface area (Å²) in [7, 11) is 1.59. The van der Waals surface area contributed by atoms with Crippen LogP contribution in [0.2, 0.25) is 0 Å². The van der Waals surface area contributed by atoms with E-state index < -0.39 is 5.69 Å². The van der Waals surface area contributed by atoms with Gasteiger partial charge in [-0.25, -0.2) is 9.36 Å². The summed E-state index contributed by atoms with van der Waals surface area (Å²) in [6.07, 6.45) is 0.993. The van der Waals surface area contributed by atoms with E-state index in [-0.39, 0.29) is 5.56 Å². The van der Waals surface area contributed by atoms with Crippen LogP contribution in [-0.2, 0) is 6.54 Å². The Balaban J connectivity index is 2.09. The lowest BCUT2D eigenvalue weighted by atomic mass is 10.1. The lowest BCUT2D eigenvalue weighted by Gasteiger charge is -2.34. The Kier molecular flexibility index (Phi) is 4.44. The highest BCUT2D eigenvalue weighted by Gasteiger charge is 2.25. The molecule has 0 spiro atoms. The van der Waals surface area contributed by atoms with Crippen LogP contribution in [0.4, 0.5) is 5.82 Å². The van der Waals surface area contributed by atoms with Gasteiger partial charge < -0.3 is 10.1 Å². The summed E-state index contributed by atoms with van der Waals surface area (Å²) in [5, 5.41) is 3.24. The Bertz CT molecular complexity index is 838. The SMILES string of the molecule is CC[C@@H](C)N1CNc2c(c(=O)[nH]c(=O)n2-c2ccc(OC)cc2)C1. The topological polar surface area (TPSA) is 79.4 Å². The second kappa shape index (κ2) is 6.52.